The third-order valence-electron chi connectivity index (χ3n) is 4.61. The molecule has 0 bridgehead atoms. The van der Waals surface area contributed by atoms with Crippen LogP contribution >= 0.6 is 11.3 Å². The molecule has 2 aliphatic carbocycles. The Bertz CT molecular complexity index is 390. The highest BCUT2D eigenvalue weighted by Crippen LogP contribution is 2.35. The summed E-state index contributed by atoms with van der Waals surface area (Å²) in [5.74, 6) is 0.475. The van der Waals surface area contributed by atoms with E-state index in [-0.39, 0.29) is 0 Å². The molecule has 0 aromatic carbocycles. The maximum atomic E-state index is 9.51. The SMILES string of the molecule is OCC1CCCCC1NC1CCCc2sccc21. The van der Waals surface area contributed by atoms with E-state index in [2.05, 4.69) is 16.8 Å². The Labute approximate surface area is 113 Å². The summed E-state index contributed by atoms with van der Waals surface area (Å²) in [5.41, 5.74) is 1.54. The van der Waals surface area contributed by atoms with E-state index in [4.69, 9.17) is 0 Å². The quantitative estimate of drug-likeness (QED) is 0.879. The van der Waals surface area contributed by atoms with Gasteiger partial charge in [0.15, 0.2) is 0 Å². The van der Waals surface area contributed by atoms with Crippen molar-refractivity contribution in [2.75, 3.05) is 6.61 Å². The van der Waals surface area contributed by atoms with Crippen LogP contribution in [0.5, 0.6) is 0 Å². The summed E-state index contributed by atoms with van der Waals surface area (Å²) >= 11 is 1.91. The van der Waals surface area contributed by atoms with Crippen molar-refractivity contribution in [3.63, 3.8) is 0 Å². The number of fused-ring (bicyclic) bond motifs is 1. The van der Waals surface area contributed by atoms with Gasteiger partial charge in [0.05, 0.1) is 0 Å². The zero-order valence-corrected chi connectivity index (χ0v) is 11.7. The Hall–Kier alpha value is -0.380. The average Bonchev–Trinajstić information content (AvgIpc) is 2.89. The lowest BCUT2D eigenvalue weighted by Gasteiger charge is -2.35. The maximum Gasteiger partial charge on any atom is 0.0474 e. The zero-order chi connectivity index (χ0) is 12.4. The van der Waals surface area contributed by atoms with Crippen molar-refractivity contribution in [2.45, 2.75) is 57.0 Å². The van der Waals surface area contributed by atoms with Gasteiger partial charge < -0.3 is 10.4 Å². The zero-order valence-electron chi connectivity index (χ0n) is 10.9. The number of aliphatic hydroxyl groups is 1. The largest absolute Gasteiger partial charge is 0.396 e. The smallest absolute Gasteiger partial charge is 0.0474 e. The molecule has 3 heteroatoms. The van der Waals surface area contributed by atoms with Crippen molar-refractivity contribution in [2.24, 2.45) is 5.92 Å². The van der Waals surface area contributed by atoms with Gasteiger partial charge in [0.2, 0.25) is 0 Å². The van der Waals surface area contributed by atoms with E-state index in [0.29, 0.717) is 24.6 Å². The van der Waals surface area contributed by atoms with Gasteiger partial charge >= 0.3 is 0 Å². The van der Waals surface area contributed by atoms with Crippen LogP contribution in [0.4, 0.5) is 0 Å². The molecule has 3 unspecified atom stereocenters. The van der Waals surface area contributed by atoms with Gasteiger partial charge in [-0.05, 0) is 55.0 Å². The predicted molar refractivity (Wildman–Crippen MR) is 76.0 cm³/mol. The standard InChI is InChI=1S/C15H23NOS/c17-10-11-4-1-2-5-13(11)16-14-6-3-7-15-12(14)8-9-18-15/h8-9,11,13-14,16-17H,1-7,10H2. The number of hydrogen-bond donors (Lipinski definition) is 2. The third kappa shape index (κ3) is 2.49. The van der Waals surface area contributed by atoms with E-state index in [0.717, 1.165) is 0 Å². The molecule has 2 nitrogen and oxygen atoms in total. The monoisotopic (exact) mass is 265 g/mol. The van der Waals surface area contributed by atoms with Gasteiger partial charge in [0.25, 0.3) is 0 Å². The molecular formula is C15H23NOS. The fourth-order valence-electron chi connectivity index (χ4n) is 3.56. The molecule has 2 N–H and O–H groups in total. The summed E-state index contributed by atoms with van der Waals surface area (Å²) < 4.78 is 0. The maximum absolute atomic E-state index is 9.51. The molecule has 1 fully saturated rings. The summed E-state index contributed by atoms with van der Waals surface area (Å²) in [4.78, 5) is 1.58. The molecule has 0 radical (unpaired) electrons. The number of hydrogen-bond acceptors (Lipinski definition) is 3. The fraction of sp³-hybridized carbons (Fsp3) is 0.733. The lowest BCUT2D eigenvalue weighted by molar-refractivity contribution is 0.143. The Balaban J connectivity index is 1.69. The normalized spacial score (nSPS) is 32.2. The number of nitrogens with one attached hydrogen (secondary N) is 1. The molecular weight excluding hydrogens is 242 g/mol. The molecule has 3 rings (SSSR count). The van der Waals surface area contributed by atoms with Crippen molar-refractivity contribution in [1.29, 1.82) is 0 Å². The number of thiophene rings is 1. The van der Waals surface area contributed by atoms with Gasteiger partial charge in [-0.3, -0.25) is 0 Å². The van der Waals surface area contributed by atoms with Gasteiger partial charge in [-0.25, -0.2) is 0 Å². The highest BCUT2D eigenvalue weighted by molar-refractivity contribution is 7.10. The number of rotatable bonds is 3. The number of aliphatic hydroxyl groups excluding tert-OH is 1. The third-order valence-corrected chi connectivity index (χ3v) is 5.61. The molecule has 1 heterocycles. The van der Waals surface area contributed by atoms with Crippen molar-refractivity contribution in [1.82, 2.24) is 5.32 Å². The summed E-state index contributed by atoms with van der Waals surface area (Å²) in [5, 5.41) is 15.6. The fourth-order valence-corrected chi connectivity index (χ4v) is 4.55. The summed E-state index contributed by atoms with van der Waals surface area (Å²) in [6.45, 7) is 0.348. The van der Waals surface area contributed by atoms with Crippen LogP contribution in [0.3, 0.4) is 0 Å². The molecule has 2 aliphatic rings. The lowest BCUT2D eigenvalue weighted by Crippen LogP contribution is -2.42. The minimum Gasteiger partial charge on any atom is -0.396 e. The van der Waals surface area contributed by atoms with E-state index < -0.39 is 0 Å². The Morgan fingerprint density at radius 1 is 1.22 bits per heavy atom. The van der Waals surface area contributed by atoms with Crippen LogP contribution < -0.4 is 5.32 Å². The van der Waals surface area contributed by atoms with Crippen LogP contribution in [-0.2, 0) is 6.42 Å². The van der Waals surface area contributed by atoms with Crippen molar-refractivity contribution >= 4 is 11.3 Å². The summed E-state index contributed by atoms with van der Waals surface area (Å²) in [6.07, 6.45) is 8.87. The van der Waals surface area contributed by atoms with E-state index >= 15 is 0 Å². The van der Waals surface area contributed by atoms with Crippen molar-refractivity contribution in [3.8, 4) is 0 Å². The Morgan fingerprint density at radius 3 is 3.00 bits per heavy atom. The molecule has 0 amide bonds. The van der Waals surface area contributed by atoms with Gasteiger partial charge in [-0.15, -0.1) is 11.3 Å². The van der Waals surface area contributed by atoms with Crippen LogP contribution in [0.15, 0.2) is 11.4 Å². The second-order valence-electron chi connectivity index (χ2n) is 5.74. The van der Waals surface area contributed by atoms with Gasteiger partial charge in [0.1, 0.15) is 0 Å². The molecule has 0 saturated heterocycles. The minimum atomic E-state index is 0.348. The van der Waals surface area contributed by atoms with E-state index in [1.54, 1.807) is 4.88 Å². The highest BCUT2D eigenvalue weighted by Gasteiger charge is 2.29. The van der Waals surface area contributed by atoms with Crippen LogP contribution in [-0.4, -0.2) is 17.8 Å². The molecule has 100 valence electrons. The second-order valence-corrected chi connectivity index (χ2v) is 6.74. The van der Waals surface area contributed by atoms with Crippen LogP contribution in [0.25, 0.3) is 0 Å². The molecule has 3 atom stereocenters. The molecule has 1 saturated carbocycles. The first-order chi connectivity index (χ1) is 8.88. The highest BCUT2D eigenvalue weighted by atomic mass is 32.1. The number of aryl methyl sites for hydroxylation is 1. The summed E-state index contributed by atoms with van der Waals surface area (Å²) in [7, 11) is 0. The summed E-state index contributed by atoms with van der Waals surface area (Å²) in [6, 6.07) is 3.37. The van der Waals surface area contributed by atoms with E-state index in [9.17, 15) is 5.11 Å². The van der Waals surface area contributed by atoms with Crippen molar-refractivity contribution < 1.29 is 5.11 Å². The molecule has 1 aromatic heterocycles. The van der Waals surface area contributed by atoms with Gasteiger partial charge in [-0.1, -0.05) is 12.8 Å². The van der Waals surface area contributed by atoms with Crippen LogP contribution in [0.1, 0.15) is 55.0 Å². The Kier molecular flexibility index (Phi) is 4.02. The Morgan fingerprint density at radius 2 is 2.11 bits per heavy atom. The van der Waals surface area contributed by atoms with Gasteiger partial charge in [0, 0.05) is 23.6 Å². The van der Waals surface area contributed by atoms with Crippen LogP contribution in [0.2, 0.25) is 0 Å². The van der Waals surface area contributed by atoms with Crippen molar-refractivity contribution in [3.05, 3.63) is 21.9 Å². The second kappa shape index (κ2) is 5.72. The topological polar surface area (TPSA) is 32.3 Å². The molecule has 0 spiro atoms. The van der Waals surface area contributed by atoms with Crippen LogP contribution in [0, 0.1) is 5.92 Å². The molecule has 18 heavy (non-hydrogen) atoms. The lowest BCUT2D eigenvalue weighted by atomic mass is 9.83. The first-order valence-electron chi connectivity index (χ1n) is 7.31. The molecule has 1 aromatic rings. The average molecular weight is 265 g/mol. The predicted octanol–water partition coefficient (Wildman–Crippen LogP) is 3.27. The van der Waals surface area contributed by atoms with E-state index in [1.165, 1.54) is 50.5 Å². The van der Waals surface area contributed by atoms with Gasteiger partial charge in [-0.2, -0.15) is 0 Å². The molecule has 0 aliphatic heterocycles. The van der Waals surface area contributed by atoms with E-state index in [1.807, 2.05) is 11.3 Å². The first-order valence-corrected chi connectivity index (χ1v) is 8.19. The first kappa shape index (κ1) is 12.6. The minimum absolute atomic E-state index is 0.348.